The van der Waals surface area contributed by atoms with E-state index in [0.717, 1.165) is 29.7 Å². The summed E-state index contributed by atoms with van der Waals surface area (Å²) in [5.41, 5.74) is 4.60. The van der Waals surface area contributed by atoms with E-state index in [1.807, 2.05) is 18.2 Å². The molecule has 25 heavy (non-hydrogen) atoms. The normalized spacial score (nSPS) is 11.2. The molecule has 0 bridgehead atoms. The minimum absolute atomic E-state index is 0.00999. The average Bonchev–Trinajstić information content (AvgIpc) is 2.59. The molecule has 0 atom stereocenters. The second kappa shape index (κ2) is 8.19. The predicted octanol–water partition coefficient (Wildman–Crippen LogP) is 5.13. The van der Waals surface area contributed by atoms with Gasteiger partial charge in [0, 0.05) is 5.69 Å². The third kappa shape index (κ3) is 5.09. The van der Waals surface area contributed by atoms with Crippen molar-refractivity contribution in [3.8, 4) is 5.75 Å². The predicted molar refractivity (Wildman–Crippen MR) is 104 cm³/mol. The molecule has 0 saturated carbocycles. The molecule has 3 nitrogen and oxygen atoms in total. The number of hydrogen-bond acceptors (Lipinski definition) is 2. The quantitative estimate of drug-likeness (QED) is 0.792. The summed E-state index contributed by atoms with van der Waals surface area (Å²) in [5.74, 6) is 0.582. The van der Waals surface area contributed by atoms with E-state index in [9.17, 15) is 4.79 Å². The summed E-state index contributed by atoms with van der Waals surface area (Å²) in [7, 11) is 0. The van der Waals surface area contributed by atoms with Crippen LogP contribution in [0, 0.1) is 0 Å². The van der Waals surface area contributed by atoms with Gasteiger partial charge in [-0.3, -0.25) is 4.79 Å². The number of benzene rings is 2. The molecular formula is C22H29NO2. The molecule has 134 valence electrons. The number of para-hydroxylation sites is 1. The van der Waals surface area contributed by atoms with Crippen LogP contribution < -0.4 is 10.1 Å². The van der Waals surface area contributed by atoms with E-state index in [1.165, 1.54) is 5.56 Å². The van der Waals surface area contributed by atoms with Crippen molar-refractivity contribution in [3.05, 3.63) is 59.2 Å². The maximum absolute atomic E-state index is 12.3. The fourth-order valence-corrected chi connectivity index (χ4v) is 2.78. The highest BCUT2D eigenvalue weighted by molar-refractivity contribution is 5.93. The van der Waals surface area contributed by atoms with Crippen molar-refractivity contribution >= 4 is 11.6 Å². The molecule has 0 heterocycles. The minimum Gasteiger partial charge on any atom is -0.484 e. The van der Waals surface area contributed by atoms with Crippen molar-refractivity contribution in [1.29, 1.82) is 0 Å². The Bertz CT molecular complexity index is 690. The summed E-state index contributed by atoms with van der Waals surface area (Å²) in [5, 5.41) is 3.02. The van der Waals surface area contributed by atoms with E-state index < -0.39 is 0 Å². The van der Waals surface area contributed by atoms with Crippen molar-refractivity contribution < 1.29 is 9.53 Å². The van der Waals surface area contributed by atoms with Crippen LogP contribution in [0.15, 0.2) is 42.5 Å². The topological polar surface area (TPSA) is 38.3 Å². The van der Waals surface area contributed by atoms with E-state index >= 15 is 0 Å². The number of amides is 1. The summed E-state index contributed by atoms with van der Waals surface area (Å²) in [6.07, 6.45) is 1.77. The number of aryl methyl sites for hydroxylation is 2. The standard InChI is InChI=1S/C22H29NO2/c1-6-16-9-8-10-17(7-2)21(16)23-20(24)15-25-19-13-11-18(12-14-19)22(3,4)5/h8-14H,6-7,15H2,1-5H3,(H,23,24). The van der Waals surface area contributed by atoms with Crippen LogP contribution in [0.25, 0.3) is 0 Å². The van der Waals surface area contributed by atoms with Gasteiger partial charge in [0.15, 0.2) is 6.61 Å². The first-order valence-corrected chi connectivity index (χ1v) is 8.99. The lowest BCUT2D eigenvalue weighted by atomic mass is 9.87. The highest BCUT2D eigenvalue weighted by Gasteiger charge is 2.14. The number of ether oxygens (including phenoxy) is 1. The molecule has 1 N–H and O–H groups in total. The van der Waals surface area contributed by atoms with Crippen LogP contribution in [0.5, 0.6) is 5.75 Å². The Morgan fingerprint density at radius 3 is 2.00 bits per heavy atom. The number of carbonyl (C=O) groups is 1. The molecule has 0 radical (unpaired) electrons. The van der Waals surface area contributed by atoms with E-state index in [2.05, 4.69) is 64.2 Å². The first-order chi connectivity index (χ1) is 11.8. The summed E-state index contributed by atoms with van der Waals surface area (Å²) in [6.45, 7) is 10.7. The van der Waals surface area contributed by atoms with Gasteiger partial charge in [-0.25, -0.2) is 0 Å². The van der Waals surface area contributed by atoms with Crippen LogP contribution >= 0.6 is 0 Å². The molecule has 3 heteroatoms. The smallest absolute Gasteiger partial charge is 0.262 e. The molecule has 2 aromatic rings. The van der Waals surface area contributed by atoms with Gasteiger partial charge in [0.2, 0.25) is 0 Å². The zero-order valence-electron chi connectivity index (χ0n) is 16.0. The van der Waals surface area contributed by atoms with Crippen molar-refractivity contribution in [3.63, 3.8) is 0 Å². The fourth-order valence-electron chi connectivity index (χ4n) is 2.78. The summed E-state index contributed by atoms with van der Waals surface area (Å²) >= 11 is 0. The monoisotopic (exact) mass is 339 g/mol. The Balaban J connectivity index is 2.00. The Morgan fingerprint density at radius 1 is 0.960 bits per heavy atom. The summed E-state index contributed by atoms with van der Waals surface area (Å²) in [6, 6.07) is 14.1. The zero-order chi connectivity index (χ0) is 18.4. The molecule has 1 amide bonds. The third-order valence-electron chi connectivity index (χ3n) is 4.35. The van der Waals surface area contributed by atoms with Gasteiger partial charge >= 0.3 is 0 Å². The number of rotatable bonds is 6. The van der Waals surface area contributed by atoms with E-state index in [4.69, 9.17) is 4.74 Å². The lowest BCUT2D eigenvalue weighted by molar-refractivity contribution is -0.118. The van der Waals surface area contributed by atoms with Crippen LogP contribution in [0.3, 0.4) is 0 Å². The van der Waals surface area contributed by atoms with Gasteiger partial charge in [-0.15, -0.1) is 0 Å². The minimum atomic E-state index is -0.129. The maximum atomic E-state index is 12.3. The zero-order valence-corrected chi connectivity index (χ0v) is 16.0. The Kier molecular flexibility index (Phi) is 6.24. The molecule has 0 aromatic heterocycles. The molecule has 0 unspecified atom stereocenters. The van der Waals surface area contributed by atoms with Gasteiger partial charge in [0.05, 0.1) is 0 Å². The number of anilines is 1. The number of hydrogen-bond donors (Lipinski definition) is 1. The third-order valence-corrected chi connectivity index (χ3v) is 4.35. The SMILES string of the molecule is CCc1cccc(CC)c1NC(=O)COc1ccc(C(C)(C)C)cc1. The van der Waals surface area contributed by atoms with Gasteiger partial charge in [0.1, 0.15) is 5.75 Å². The van der Waals surface area contributed by atoms with Gasteiger partial charge in [-0.05, 0) is 47.1 Å². The molecule has 2 aromatic carbocycles. The molecule has 0 aliphatic carbocycles. The van der Waals surface area contributed by atoms with Crippen molar-refractivity contribution in [2.45, 2.75) is 52.9 Å². The largest absolute Gasteiger partial charge is 0.484 e. The Morgan fingerprint density at radius 2 is 1.52 bits per heavy atom. The van der Waals surface area contributed by atoms with Crippen LogP contribution in [0.1, 0.15) is 51.3 Å². The van der Waals surface area contributed by atoms with Crippen molar-refractivity contribution in [1.82, 2.24) is 0 Å². The second-order valence-corrected chi connectivity index (χ2v) is 7.27. The molecule has 0 aliphatic rings. The first-order valence-electron chi connectivity index (χ1n) is 8.99. The van der Waals surface area contributed by atoms with Gasteiger partial charge < -0.3 is 10.1 Å². The summed E-state index contributed by atoms with van der Waals surface area (Å²) < 4.78 is 5.64. The van der Waals surface area contributed by atoms with Crippen LogP contribution in [-0.2, 0) is 23.1 Å². The van der Waals surface area contributed by atoms with E-state index in [-0.39, 0.29) is 17.9 Å². The second-order valence-electron chi connectivity index (χ2n) is 7.27. The molecule has 0 fully saturated rings. The lowest BCUT2D eigenvalue weighted by Crippen LogP contribution is -2.21. The highest BCUT2D eigenvalue weighted by Crippen LogP contribution is 2.25. The van der Waals surface area contributed by atoms with Crippen molar-refractivity contribution in [2.75, 3.05) is 11.9 Å². The van der Waals surface area contributed by atoms with Gasteiger partial charge in [-0.2, -0.15) is 0 Å². The molecule has 0 aliphatic heterocycles. The van der Waals surface area contributed by atoms with E-state index in [1.54, 1.807) is 0 Å². The fraction of sp³-hybridized carbons (Fsp3) is 0.409. The van der Waals surface area contributed by atoms with Crippen LogP contribution in [0.4, 0.5) is 5.69 Å². The van der Waals surface area contributed by atoms with Gasteiger partial charge in [-0.1, -0.05) is 65.0 Å². The molecule has 2 rings (SSSR count). The van der Waals surface area contributed by atoms with Crippen LogP contribution in [0.2, 0.25) is 0 Å². The Labute approximate surface area is 151 Å². The average molecular weight is 339 g/mol. The van der Waals surface area contributed by atoms with Crippen molar-refractivity contribution in [2.24, 2.45) is 0 Å². The van der Waals surface area contributed by atoms with Gasteiger partial charge in [0.25, 0.3) is 5.91 Å². The number of nitrogens with one attached hydrogen (secondary N) is 1. The Hall–Kier alpha value is -2.29. The lowest BCUT2D eigenvalue weighted by Gasteiger charge is -2.19. The highest BCUT2D eigenvalue weighted by atomic mass is 16.5. The summed E-state index contributed by atoms with van der Waals surface area (Å²) in [4.78, 5) is 12.3. The molecule has 0 spiro atoms. The van der Waals surface area contributed by atoms with Crippen LogP contribution in [-0.4, -0.2) is 12.5 Å². The first kappa shape index (κ1) is 19.0. The maximum Gasteiger partial charge on any atom is 0.262 e. The molecular weight excluding hydrogens is 310 g/mol. The number of carbonyl (C=O) groups excluding carboxylic acids is 1. The van der Waals surface area contributed by atoms with E-state index in [0.29, 0.717) is 5.75 Å². The molecule has 0 saturated heterocycles.